The molecular weight excluding hydrogens is 188 g/mol. The second-order valence-corrected chi connectivity index (χ2v) is 9.97. The fourth-order valence-electron chi connectivity index (χ4n) is 0.633. The van der Waals surface area contributed by atoms with E-state index in [4.69, 9.17) is 4.43 Å². The lowest BCUT2D eigenvalue weighted by molar-refractivity contribution is 0.460. The Morgan fingerprint density at radius 1 is 1.21 bits per heavy atom. The van der Waals surface area contributed by atoms with Crippen LogP contribution >= 0.6 is 0 Å². The zero-order valence-corrected chi connectivity index (χ0v) is 11.5. The Hall–Kier alpha value is -0.423. The van der Waals surface area contributed by atoms with E-state index in [0.717, 1.165) is 6.42 Å². The normalized spacial score (nSPS) is 11.9. The highest BCUT2D eigenvalue weighted by molar-refractivity contribution is 6.74. The van der Waals surface area contributed by atoms with Crippen molar-refractivity contribution in [2.45, 2.75) is 65.1 Å². The molecule has 1 nitrogen and oxygen atoms in total. The minimum absolute atomic E-state index is 0.256. The number of rotatable bonds is 3. The third kappa shape index (κ3) is 4.71. The topological polar surface area (TPSA) is 9.23 Å². The first kappa shape index (κ1) is 13.6. The number of unbranched alkanes of at least 4 members (excludes halogenated alkanes) is 2. The molecule has 0 spiro atoms. The highest BCUT2D eigenvalue weighted by atomic mass is 28.4. The van der Waals surface area contributed by atoms with Gasteiger partial charge in [0, 0.05) is 6.42 Å². The second-order valence-electron chi connectivity index (χ2n) is 5.24. The zero-order valence-electron chi connectivity index (χ0n) is 10.5. The monoisotopic (exact) mass is 212 g/mol. The van der Waals surface area contributed by atoms with Crippen LogP contribution in [0, 0.1) is 12.0 Å². The van der Waals surface area contributed by atoms with E-state index in [9.17, 15) is 0 Å². The van der Waals surface area contributed by atoms with Crippen LogP contribution in [0.15, 0.2) is 0 Å². The molecule has 0 heterocycles. The Bertz CT molecular complexity index is 215. The highest BCUT2D eigenvalue weighted by Crippen LogP contribution is 2.36. The minimum atomic E-state index is -1.64. The van der Waals surface area contributed by atoms with E-state index in [1.165, 1.54) is 12.8 Å². The number of hydrogen-bond acceptors (Lipinski definition) is 1. The molecule has 2 heteroatoms. The van der Waals surface area contributed by atoms with Gasteiger partial charge in [0.1, 0.15) is 0 Å². The molecule has 0 aliphatic rings. The van der Waals surface area contributed by atoms with Crippen LogP contribution in [0.25, 0.3) is 0 Å². The van der Waals surface area contributed by atoms with Crippen LogP contribution < -0.4 is 0 Å². The Morgan fingerprint density at radius 2 is 1.79 bits per heavy atom. The molecule has 82 valence electrons. The molecule has 0 aromatic rings. The van der Waals surface area contributed by atoms with Crippen molar-refractivity contribution in [3.63, 3.8) is 0 Å². The van der Waals surface area contributed by atoms with E-state index < -0.39 is 8.32 Å². The summed E-state index contributed by atoms with van der Waals surface area (Å²) >= 11 is 0. The molecule has 0 aliphatic carbocycles. The molecule has 0 saturated carbocycles. The van der Waals surface area contributed by atoms with Gasteiger partial charge in [0.2, 0.25) is 0 Å². The molecule has 0 amide bonds. The van der Waals surface area contributed by atoms with Crippen molar-refractivity contribution in [3.05, 3.63) is 0 Å². The van der Waals surface area contributed by atoms with Crippen molar-refractivity contribution in [1.82, 2.24) is 0 Å². The van der Waals surface area contributed by atoms with E-state index in [0.29, 0.717) is 0 Å². The molecule has 0 atom stereocenters. The van der Waals surface area contributed by atoms with Crippen molar-refractivity contribution in [2.75, 3.05) is 0 Å². The Kier molecular flexibility index (Phi) is 5.29. The third-order valence-electron chi connectivity index (χ3n) is 2.84. The summed E-state index contributed by atoms with van der Waals surface area (Å²) in [5.74, 6) is 3.08. The first-order chi connectivity index (χ1) is 6.31. The Morgan fingerprint density at radius 3 is 2.21 bits per heavy atom. The highest BCUT2D eigenvalue weighted by Gasteiger charge is 2.38. The average Bonchev–Trinajstić information content (AvgIpc) is 2.02. The van der Waals surface area contributed by atoms with Gasteiger partial charge in [-0.1, -0.05) is 40.0 Å². The summed E-state index contributed by atoms with van der Waals surface area (Å²) in [7, 11) is -1.64. The summed E-state index contributed by atoms with van der Waals surface area (Å²) in [5, 5.41) is 0.256. The van der Waals surface area contributed by atoms with Gasteiger partial charge in [-0.15, -0.1) is 0 Å². The van der Waals surface area contributed by atoms with Gasteiger partial charge in [-0.05, 0) is 24.6 Å². The van der Waals surface area contributed by atoms with Gasteiger partial charge in [0.25, 0.3) is 8.32 Å². The average molecular weight is 212 g/mol. The van der Waals surface area contributed by atoms with E-state index >= 15 is 0 Å². The summed E-state index contributed by atoms with van der Waals surface area (Å²) in [5.41, 5.74) is 0. The maximum absolute atomic E-state index is 5.72. The maximum Gasteiger partial charge on any atom is 0.264 e. The van der Waals surface area contributed by atoms with Gasteiger partial charge < -0.3 is 4.43 Å². The maximum atomic E-state index is 5.72. The predicted molar refractivity (Wildman–Crippen MR) is 65.6 cm³/mol. The zero-order chi connectivity index (χ0) is 11.2. The summed E-state index contributed by atoms with van der Waals surface area (Å²) in [6.07, 6.45) is 6.22. The Labute approximate surface area is 90.4 Å². The smallest absolute Gasteiger partial charge is 0.264 e. The van der Waals surface area contributed by atoms with E-state index in [-0.39, 0.29) is 5.04 Å². The summed E-state index contributed by atoms with van der Waals surface area (Å²) < 4.78 is 5.72. The minimum Gasteiger partial charge on any atom is -0.500 e. The SMILES string of the molecule is CCCCC#CO[Si](C)(C)C(C)(C)C. The molecule has 0 aliphatic heterocycles. The predicted octanol–water partition coefficient (Wildman–Crippen LogP) is 4.16. The fraction of sp³-hybridized carbons (Fsp3) is 0.833. The van der Waals surface area contributed by atoms with E-state index in [1.807, 2.05) is 0 Å². The van der Waals surface area contributed by atoms with E-state index in [1.54, 1.807) is 0 Å². The van der Waals surface area contributed by atoms with Crippen molar-refractivity contribution in [1.29, 1.82) is 0 Å². The molecule has 0 aromatic carbocycles. The lowest BCUT2D eigenvalue weighted by Gasteiger charge is -2.33. The quantitative estimate of drug-likeness (QED) is 0.388. The van der Waals surface area contributed by atoms with Crippen LogP contribution in [0.2, 0.25) is 18.1 Å². The summed E-state index contributed by atoms with van der Waals surface area (Å²) in [6.45, 7) is 13.3. The van der Waals surface area contributed by atoms with Crippen molar-refractivity contribution in [3.8, 4) is 12.0 Å². The van der Waals surface area contributed by atoms with Crippen molar-refractivity contribution < 1.29 is 4.43 Å². The van der Waals surface area contributed by atoms with Gasteiger partial charge in [0.15, 0.2) is 0 Å². The number of hydrogen-bond donors (Lipinski definition) is 0. The molecule has 0 bridgehead atoms. The molecule has 14 heavy (non-hydrogen) atoms. The van der Waals surface area contributed by atoms with E-state index in [2.05, 4.69) is 52.8 Å². The van der Waals surface area contributed by atoms with Gasteiger partial charge >= 0.3 is 0 Å². The molecule has 0 rings (SSSR count). The largest absolute Gasteiger partial charge is 0.500 e. The Balaban J connectivity index is 4.03. The standard InChI is InChI=1S/C12H24OSi/c1-7-8-9-10-11-13-14(5,6)12(2,3)4/h7-9H2,1-6H3. The van der Waals surface area contributed by atoms with Crippen LogP contribution in [0.1, 0.15) is 47.0 Å². The third-order valence-corrected chi connectivity index (χ3v) is 7.06. The van der Waals surface area contributed by atoms with Crippen LogP contribution in [0.3, 0.4) is 0 Å². The molecule has 0 aromatic heterocycles. The van der Waals surface area contributed by atoms with Crippen LogP contribution in [-0.2, 0) is 4.43 Å². The van der Waals surface area contributed by atoms with Crippen molar-refractivity contribution >= 4 is 8.32 Å². The molecular formula is C12H24OSi. The van der Waals surface area contributed by atoms with Gasteiger partial charge in [-0.25, -0.2) is 0 Å². The molecule has 0 fully saturated rings. The molecule has 0 unspecified atom stereocenters. The van der Waals surface area contributed by atoms with Gasteiger partial charge in [-0.3, -0.25) is 0 Å². The van der Waals surface area contributed by atoms with Crippen LogP contribution in [0.4, 0.5) is 0 Å². The molecule has 0 radical (unpaired) electrons. The lowest BCUT2D eigenvalue weighted by Crippen LogP contribution is -2.39. The van der Waals surface area contributed by atoms with Crippen LogP contribution in [-0.4, -0.2) is 8.32 Å². The second kappa shape index (κ2) is 5.46. The first-order valence-corrected chi connectivity index (χ1v) is 8.38. The fourth-order valence-corrected chi connectivity index (χ4v) is 1.27. The summed E-state index contributed by atoms with van der Waals surface area (Å²) in [6, 6.07) is 0. The first-order valence-electron chi connectivity index (χ1n) is 5.47. The molecule has 0 saturated heterocycles. The summed E-state index contributed by atoms with van der Waals surface area (Å²) in [4.78, 5) is 0. The molecule has 0 N–H and O–H groups in total. The lowest BCUT2D eigenvalue weighted by atomic mass is 10.2. The van der Waals surface area contributed by atoms with Crippen molar-refractivity contribution in [2.24, 2.45) is 0 Å². The van der Waals surface area contributed by atoms with Gasteiger partial charge in [0.05, 0.1) is 6.11 Å². The van der Waals surface area contributed by atoms with Gasteiger partial charge in [-0.2, -0.15) is 0 Å². The van der Waals surface area contributed by atoms with Crippen LogP contribution in [0.5, 0.6) is 0 Å².